The molecule has 0 aliphatic carbocycles. The molecule has 3 rings (SSSR count). The fourth-order valence-electron chi connectivity index (χ4n) is 2.08. The average Bonchev–Trinajstić information content (AvgIpc) is 2.86. The van der Waals surface area contributed by atoms with Gasteiger partial charge in [0.15, 0.2) is 0 Å². The smallest absolute Gasteiger partial charge is 0.297 e. The van der Waals surface area contributed by atoms with Gasteiger partial charge in [-0.15, -0.1) is 10.2 Å². The number of nitrogens with zero attached hydrogens (tertiary/aromatic N) is 4. The van der Waals surface area contributed by atoms with E-state index < -0.39 is 0 Å². The van der Waals surface area contributed by atoms with Crippen LogP contribution >= 0.6 is 11.3 Å². The molecular formula is C15H17N5OS. The summed E-state index contributed by atoms with van der Waals surface area (Å²) < 4.78 is 1.32. The Morgan fingerprint density at radius 2 is 1.95 bits per heavy atom. The molecule has 0 fully saturated rings. The minimum atomic E-state index is -0.372. The zero-order valence-electron chi connectivity index (χ0n) is 12.9. The van der Waals surface area contributed by atoms with E-state index >= 15 is 0 Å². The molecule has 0 aliphatic rings. The summed E-state index contributed by atoms with van der Waals surface area (Å²) in [6.45, 7) is 7.74. The minimum absolute atomic E-state index is 0.222. The Bertz CT molecular complexity index is 920. The van der Waals surface area contributed by atoms with Crippen LogP contribution in [-0.4, -0.2) is 19.8 Å². The number of rotatable bonds is 1. The van der Waals surface area contributed by atoms with Gasteiger partial charge >= 0.3 is 0 Å². The highest BCUT2D eigenvalue weighted by atomic mass is 32.1. The Hall–Kier alpha value is -2.28. The summed E-state index contributed by atoms with van der Waals surface area (Å²) in [6.07, 6.45) is 0. The van der Waals surface area contributed by atoms with Gasteiger partial charge in [-0.1, -0.05) is 44.2 Å². The van der Waals surface area contributed by atoms with Crippen LogP contribution in [0.15, 0.2) is 23.0 Å². The van der Waals surface area contributed by atoms with Crippen molar-refractivity contribution < 1.29 is 0 Å². The molecule has 0 radical (unpaired) electrons. The number of benzene rings is 1. The molecule has 2 heterocycles. The van der Waals surface area contributed by atoms with Crippen LogP contribution < -0.4 is 11.3 Å². The van der Waals surface area contributed by atoms with Gasteiger partial charge in [0.2, 0.25) is 4.96 Å². The second-order valence-corrected chi connectivity index (χ2v) is 7.23. The van der Waals surface area contributed by atoms with Crippen LogP contribution in [0, 0.1) is 6.92 Å². The summed E-state index contributed by atoms with van der Waals surface area (Å²) in [4.78, 5) is 13.0. The Kier molecular flexibility index (Phi) is 3.25. The third-order valence-electron chi connectivity index (χ3n) is 3.43. The Morgan fingerprint density at radius 3 is 2.59 bits per heavy atom. The molecule has 0 atom stereocenters. The molecule has 0 saturated heterocycles. The molecule has 2 aromatic heterocycles. The maximum absolute atomic E-state index is 12.5. The van der Waals surface area contributed by atoms with Crippen molar-refractivity contribution in [3.8, 4) is 10.6 Å². The van der Waals surface area contributed by atoms with Crippen LogP contribution in [0.1, 0.15) is 32.0 Å². The normalized spacial score (nSPS) is 12.0. The van der Waals surface area contributed by atoms with E-state index in [-0.39, 0.29) is 11.0 Å². The van der Waals surface area contributed by atoms with Crippen LogP contribution in [0.25, 0.3) is 15.5 Å². The zero-order valence-corrected chi connectivity index (χ0v) is 13.7. The minimum Gasteiger partial charge on any atom is -0.398 e. The first kappa shape index (κ1) is 14.6. The van der Waals surface area contributed by atoms with E-state index in [4.69, 9.17) is 5.73 Å². The SMILES string of the molecule is Cc1ccc(-c2nn3c(=O)c(C(C)(C)C)nnc3s2)cc1N. The zero-order chi connectivity index (χ0) is 16.1. The van der Waals surface area contributed by atoms with Gasteiger partial charge in [-0.2, -0.15) is 9.61 Å². The number of hydrogen-bond donors (Lipinski definition) is 1. The number of nitrogens with two attached hydrogens (primary N) is 1. The van der Waals surface area contributed by atoms with Gasteiger partial charge in [-0.05, 0) is 18.6 Å². The number of hydrogen-bond acceptors (Lipinski definition) is 6. The number of anilines is 1. The monoisotopic (exact) mass is 315 g/mol. The van der Waals surface area contributed by atoms with Gasteiger partial charge in [0.1, 0.15) is 10.7 Å². The molecule has 1 aromatic carbocycles. The van der Waals surface area contributed by atoms with Gasteiger partial charge in [-0.3, -0.25) is 4.79 Å². The van der Waals surface area contributed by atoms with Crippen molar-refractivity contribution in [2.24, 2.45) is 0 Å². The highest BCUT2D eigenvalue weighted by Crippen LogP contribution is 2.27. The largest absolute Gasteiger partial charge is 0.398 e. The molecule has 0 unspecified atom stereocenters. The van der Waals surface area contributed by atoms with Gasteiger partial charge in [0, 0.05) is 16.7 Å². The van der Waals surface area contributed by atoms with E-state index in [2.05, 4.69) is 15.3 Å². The predicted octanol–water partition coefficient (Wildman–Crippen LogP) is 2.40. The third-order valence-corrected chi connectivity index (χ3v) is 4.37. The van der Waals surface area contributed by atoms with Crippen LogP contribution in [0.5, 0.6) is 0 Å². The topological polar surface area (TPSA) is 86.2 Å². The fourth-order valence-corrected chi connectivity index (χ4v) is 2.91. The highest BCUT2D eigenvalue weighted by molar-refractivity contribution is 7.19. The second kappa shape index (κ2) is 4.88. The van der Waals surface area contributed by atoms with Crippen molar-refractivity contribution in [1.29, 1.82) is 0 Å². The standard InChI is InChI=1S/C15H17N5OS/c1-8-5-6-9(7-10(8)16)12-19-20-13(21)11(15(2,3)4)17-18-14(20)22-12/h5-7H,16H2,1-4H3. The Morgan fingerprint density at radius 1 is 1.23 bits per heavy atom. The predicted molar refractivity (Wildman–Crippen MR) is 88.2 cm³/mol. The summed E-state index contributed by atoms with van der Waals surface area (Å²) in [5.41, 5.74) is 8.34. The van der Waals surface area contributed by atoms with Crippen LogP contribution in [0.2, 0.25) is 0 Å². The first-order valence-electron chi connectivity index (χ1n) is 6.91. The van der Waals surface area contributed by atoms with Crippen molar-refractivity contribution in [3.63, 3.8) is 0 Å². The number of nitrogen functional groups attached to an aromatic ring is 1. The van der Waals surface area contributed by atoms with E-state index in [0.717, 1.165) is 11.1 Å². The average molecular weight is 315 g/mol. The van der Waals surface area contributed by atoms with Crippen molar-refractivity contribution in [2.45, 2.75) is 33.1 Å². The Labute approximate surface area is 131 Å². The van der Waals surface area contributed by atoms with E-state index in [9.17, 15) is 4.79 Å². The van der Waals surface area contributed by atoms with Crippen molar-refractivity contribution in [1.82, 2.24) is 19.8 Å². The van der Waals surface area contributed by atoms with Crippen molar-refractivity contribution in [3.05, 3.63) is 39.8 Å². The van der Waals surface area contributed by atoms with Gasteiger partial charge in [0.05, 0.1) is 0 Å². The van der Waals surface area contributed by atoms with E-state index in [1.165, 1.54) is 15.9 Å². The fraction of sp³-hybridized carbons (Fsp3) is 0.333. The second-order valence-electron chi connectivity index (χ2n) is 6.28. The van der Waals surface area contributed by atoms with Gasteiger partial charge in [0.25, 0.3) is 5.56 Å². The summed E-state index contributed by atoms with van der Waals surface area (Å²) >= 11 is 1.32. The molecule has 2 N–H and O–H groups in total. The van der Waals surface area contributed by atoms with Crippen LogP contribution in [0.4, 0.5) is 5.69 Å². The molecule has 0 spiro atoms. The van der Waals surface area contributed by atoms with Gasteiger partial charge < -0.3 is 5.73 Å². The molecule has 7 heteroatoms. The van der Waals surface area contributed by atoms with E-state index in [1.807, 2.05) is 45.9 Å². The van der Waals surface area contributed by atoms with Gasteiger partial charge in [-0.25, -0.2) is 0 Å². The molecule has 0 amide bonds. The maximum Gasteiger partial charge on any atom is 0.297 e. The summed E-state index contributed by atoms with van der Waals surface area (Å²) in [5, 5.41) is 13.3. The summed E-state index contributed by atoms with van der Waals surface area (Å²) in [6, 6.07) is 5.73. The highest BCUT2D eigenvalue weighted by Gasteiger charge is 2.23. The first-order chi connectivity index (χ1) is 10.3. The summed E-state index contributed by atoms with van der Waals surface area (Å²) in [5.74, 6) is 0. The lowest BCUT2D eigenvalue weighted by atomic mass is 9.93. The molecule has 0 aliphatic heterocycles. The molecule has 6 nitrogen and oxygen atoms in total. The van der Waals surface area contributed by atoms with Crippen LogP contribution in [0.3, 0.4) is 0 Å². The molecule has 0 bridgehead atoms. The molecule has 114 valence electrons. The summed E-state index contributed by atoms with van der Waals surface area (Å²) in [7, 11) is 0. The molecule has 22 heavy (non-hydrogen) atoms. The lowest BCUT2D eigenvalue weighted by Crippen LogP contribution is -2.30. The first-order valence-corrected chi connectivity index (χ1v) is 7.72. The molecular weight excluding hydrogens is 298 g/mol. The van der Waals surface area contributed by atoms with Crippen molar-refractivity contribution >= 4 is 22.0 Å². The van der Waals surface area contributed by atoms with E-state index in [1.54, 1.807) is 0 Å². The third kappa shape index (κ3) is 2.37. The number of aryl methyl sites for hydroxylation is 1. The molecule has 3 aromatic rings. The van der Waals surface area contributed by atoms with Crippen LogP contribution in [-0.2, 0) is 5.41 Å². The van der Waals surface area contributed by atoms with E-state index in [0.29, 0.717) is 21.3 Å². The lowest BCUT2D eigenvalue weighted by Gasteiger charge is -2.14. The lowest BCUT2D eigenvalue weighted by molar-refractivity contribution is 0.542. The van der Waals surface area contributed by atoms with Crippen molar-refractivity contribution in [2.75, 3.05) is 5.73 Å². The number of aromatic nitrogens is 4. The molecule has 0 saturated carbocycles. The quantitative estimate of drug-likeness (QED) is 0.697. The number of fused-ring (bicyclic) bond motifs is 1. The Balaban J connectivity index is 2.20. The maximum atomic E-state index is 12.5.